The van der Waals surface area contributed by atoms with Crippen molar-refractivity contribution in [3.8, 4) is 5.75 Å². The van der Waals surface area contributed by atoms with E-state index >= 15 is 0 Å². The molecular formula is C24H24F3N3O4. The average molecular weight is 475 g/mol. The highest BCUT2D eigenvalue weighted by Crippen LogP contribution is 2.19. The first-order chi connectivity index (χ1) is 16.0. The van der Waals surface area contributed by atoms with E-state index in [-0.39, 0.29) is 18.0 Å². The lowest BCUT2D eigenvalue weighted by Crippen LogP contribution is -2.33. The second-order valence-corrected chi connectivity index (χ2v) is 7.77. The number of aryl methyl sites for hydroxylation is 2. The van der Waals surface area contributed by atoms with Gasteiger partial charge in [-0.3, -0.25) is 9.59 Å². The standard InChI is InChI=1S/C24H24F3N3O4/c1-15-21(16(2)34-29-15)13-33-20-10-8-19(9-11-20)23(32)30(3)12-17-4-6-18(7-5-17)22(31)28-14-24(25,26)27/h4-11H,12-14H2,1-3H3,(H,28,31). The number of carbonyl (C=O) groups is 2. The zero-order valence-electron chi connectivity index (χ0n) is 18.9. The Morgan fingerprint density at radius 1 is 1.03 bits per heavy atom. The molecule has 0 saturated carbocycles. The molecular weight excluding hydrogens is 451 g/mol. The molecule has 0 unspecified atom stereocenters. The van der Waals surface area contributed by atoms with Gasteiger partial charge >= 0.3 is 6.18 Å². The maximum atomic E-state index is 12.7. The van der Waals surface area contributed by atoms with Gasteiger partial charge in [-0.25, -0.2) is 0 Å². The van der Waals surface area contributed by atoms with Gasteiger partial charge in [-0.15, -0.1) is 0 Å². The van der Waals surface area contributed by atoms with Crippen LogP contribution in [0.15, 0.2) is 53.1 Å². The van der Waals surface area contributed by atoms with Gasteiger partial charge in [0.25, 0.3) is 11.8 Å². The van der Waals surface area contributed by atoms with Crippen LogP contribution in [0.2, 0.25) is 0 Å². The normalized spacial score (nSPS) is 11.2. The second-order valence-electron chi connectivity index (χ2n) is 7.77. The molecule has 0 aliphatic rings. The predicted octanol–water partition coefficient (Wildman–Crippen LogP) is 4.43. The zero-order chi connectivity index (χ0) is 24.9. The van der Waals surface area contributed by atoms with Crippen LogP contribution in [-0.2, 0) is 13.2 Å². The number of halogens is 3. The minimum atomic E-state index is -4.47. The summed E-state index contributed by atoms with van der Waals surface area (Å²) in [7, 11) is 1.63. The molecule has 0 fully saturated rings. The number of ether oxygens (including phenoxy) is 1. The van der Waals surface area contributed by atoms with E-state index in [0.717, 1.165) is 16.8 Å². The third-order valence-electron chi connectivity index (χ3n) is 5.10. The summed E-state index contributed by atoms with van der Waals surface area (Å²) in [5.74, 6) is 0.258. The van der Waals surface area contributed by atoms with Crippen molar-refractivity contribution in [3.63, 3.8) is 0 Å². The summed E-state index contributed by atoms with van der Waals surface area (Å²) in [6.07, 6.45) is -4.47. The Hall–Kier alpha value is -3.82. The third kappa shape index (κ3) is 6.60. The fourth-order valence-electron chi connectivity index (χ4n) is 3.17. The molecule has 0 bridgehead atoms. The van der Waals surface area contributed by atoms with E-state index in [0.29, 0.717) is 23.7 Å². The summed E-state index contributed by atoms with van der Waals surface area (Å²) >= 11 is 0. The van der Waals surface area contributed by atoms with Crippen molar-refractivity contribution in [2.45, 2.75) is 33.2 Å². The van der Waals surface area contributed by atoms with Crippen LogP contribution in [-0.4, -0.2) is 41.6 Å². The fraction of sp³-hybridized carbons (Fsp3) is 0.292. The molecule has 34 heavy (non-hydrogen) atoms. The molecule has 0 aliphatic heterocycles. The number of hydrogen-bond acceptors (Lipinski definition) is 5. The van der Waals surface area contributed by atoms with Crippen LogP contribution in [0.1, 0.15) is 43.3 Å². The summed E-state index contributed by atoms with van der Waals surface area (Å²) in [5, 5.41) is 5.70. The van der Waals surface area contributed by atoms with Gasteiger partial charge in [0.1, 0.15) is 24.7 Å². The van der Waals surface area contributed by atoms with E-state index in [1.807, 2.05) is 19.2 Å². The Labute approximate surface area is 194 Å². The van der Waals surface area contributed by atoms with Crippen molar-refractivity contribution in [3.05, 3.63) is 82.2 Å². The highest BCUT2D eigenvalue weighted by atomic mass is 19.4. The fourth-order valence-corrected chi connectivity index (χ4v) is 3.17. The molecule has 0 atom stereocenters. The van der Waals surface area contributed by atoms with Crippen molar-refractivity contribution in [1.29, 1.82) is 0 Å². The molecule has 0 saturated heterocycles. The Morgan fingerprint density at radius 2 is 1.65 bits per heavy atom. The van der Waals surface area contributed by atoms with Crippen LogP contribution >= 0.6 is 0 Å². The molecule has 180 valence electrons. The molecule has 3 aromatic rings. The SMILES string of the molecule is Cc1noc(C)c1COc1ccc(C(=O)N(C)Cc2ccc(C(=O)NCC(F)(F)F)cc2)cc1. The van der Waals surface area contributed by atoms with Crippen molar-refractivity contribution in [2.75, 3.05) is 13.6 Å². The van der Waals surface area contributed by atoms with Crippen LogP contribution in [0.3, 0.4) is 0 Å². The molecule has 10 heteroatoms. The van der Waals surface area contributed by atoms with E-state index in [1.165, 1.54) is 17.0 Å². The van der Waals surface area contributed by atoms with E-state index in [9.17, 15) is 22.8 Å². The van der Waals surface area contributed by atoms with E-state index in [1.54, 1.807) is 43.4 Å². The van der Waals surface area contributed by atoms with Gasteiger partial charge in [0, 0.05) is 24.7 Å². The molecule has 2 amide bonds. The van der Waals surface area contributed by atoms with E-state index in [4.69, 9.17) is 9.26 Å². The van der Waals surface area contributed by atoms with Gasteiger partial charge in [-0.05, 0) is 55.8 Å². The Morgan fingerprint density at radius 3 is 2.21 bits per heavy atom. The molecule has 1 N–H and O–H groups in total. The molecule has 0 aliphatic carbocycles. The Balaban J connectivity index is 1.54. The Kier molecular flexibility index (Phi) is 7.60. The van der Waals surface area contributed by atoms with Gasteiger partial charge < -0.3 is 19.5 Å². The van der Waals surface area contributed by atoms with Gasteiger partial charge in [0.2, 0.25) is 0 Å². The zero-order valence-corrected chi connectivity index (χ0v) is 18.9. The molecule has 2 aromatic carbocycles. The maximum absolute atomic E-state index is 12.7. The number of hydrogen-bond donors (Lipinski definition) is 1. The molecule has 7 nitrogen and oxygen atoms in total. The number of rotatable bonds is 8. The lowest BCUT2D eigenvalue weighted by Gasteiger charge is -2.18. The van der Waals surface area contributed by atoms with Gasteiger partial charge in [-0.2, -0.15) is 13.2 Å². The smallest absolute Gasteiger partial charge is 0.405 e. The predicted molar refractivity (Wildman–Crippen MR) is 117 cm³/mol. The second kappa shape index (κ2) is 10.4. The van der Waals surface area contributed by atoms with Crippen LogP contribution in [0.25, 0.3) is 0 Å². The van der Waals surface area contributed by atoms with Crippen molar-refractivity contribution >= 4 is 11.8 Å². The Bertz CT molecular complexity index is 1120. The lowest BCUT2D eigenvalue weighted by atomic mass is 10.1. The largest absolute Gasteiger partial charge is 0.489 e. The summed E-state index contributed by atoms with van der Waals surface area (Å²) in [5.41, 5.74) is 2.94. The molecule has 3 rings (SSSR count). The first-order valence-corrected chi connectivity index (χ1v) is 10.4. The van der Waals surface area contributed by atoms with E-state index < -0.39 is 18.6 Å². The first kappa shape index (κ1) is 24.8. The van der Waals surface area contributed by atoms with Crippen LogP contribution in [0.5, 0.6) is 5.75 Å². The minimum Gasteiger partial charge on any atom is -0.489 e. The van der Waals surface area contributed by atoms with Crippen LogP contribution < -0.4 is 10.1 Å². The number of nitrogens with one attached hydrogen (secondary N) is 1. The third-order valence-corrected chi connectivity index (χ3v) is 5.10. The van der Waals surface area contributed by atoms with E-state index in [2.05, 4.69) is 5.16 Å². The van der Waals surface area contributed by atoms with Crippen LogP contribution in [0, 0.1) is 13.8 Å². The number of carbonyl (C=O) groups excluding carboxylic acids is 2. The van der Waals surface area contributed by atoms with Crippen molar-refractivity contribution < 1.29 is 32.0 Å². The number of aromatic nitrogens is 1. The topological polar surface area (TPSA) is 84.7 Å². The molecule has 0 spiro atoms. The first-order valence-electron chi connectivity index (χ1n) is 10.4. The van der Waals surface area contributed by atoms with Gasteiger partial charge in [-0.1, -0.05) is 17.3 Å². The summed E-state index contributed by atoms with van der Waals surface area (Å²) in [4.78, 5) is 26.0. The molecule has 1 aromatic heterocycles. The van der Waals surface area contributed by atoms with Gasteiger partial charge in [0.05, 0.1) is 11.3 Å². The molecule has 0 radical (unpaired) electrons. The quantitative estimate of drug-likeness (QED) is 0.521. The highest BCUT2D eigenvalue weighted by Gasteiger charge is 2.27. The summed E-state index contributed by atoms with van der Waals surface area (Å²) in [6.45, 7) is 2.82. The van der Waals surface area contributed by atoms with Gasteiger partial charge in [0.15, 0.2) is 0 Å². The van der Waals surface area contributed by atoms with Crippen molar-refractivity contribution in [1.82, 2.24) is 15.4 Å². The number of alkyl halides is 3. The lowest BCUT2D eigenvalue weighted by molar-refractivity contribution is -0.123. The summed E-state index contributed by atoms with van der Waals surface area (Å²) < 4.78 is 47.6. The summed E-state index contributed by atoms with van der Waals surface area (Å²) in [6, 6.07) is 12.8. The maximum Gasteiger partial charge on any atom is 0.405 e. The number of nitrogens with zero attached hydrogens (tertiary/aromatic N) is 2. The molecule has 1 heterocycles. The van der Waals surface area contributed by atoms with Crippen LogP contribution in [0.4, 0.5) is 13.2 Å². The average Bonchev–Trinajstić information content (AvgIpc) is 3.13. The number of amides is 2. The highest BCUT2D eigenvalue weighted by molar-refractivity contribution is 5.95. The number of benzene rings is 2. The monoisotopic (exact) mass is 475 g/mol. The van der Waals surface area contributed by atoms with Crippen molar-refractivity contribution in [2.24, 2.45) is 0 Å². The minimum absolute atomic E-state index is 0.106.